The van der Waals surface area contributed by atoms with E-state index in [0.717, 1.165) is 30.2 Å². The zero-order chi connectivity index (χ0) is 15.1. The third-order valence-electron chi connectivity index (χ3n) is 3.14. The lowest BCUT2D eigenvalue weighted by molar-refractivity contribution is 0.204. The van der Waals surface area contributed by atoms with Crippen molar-refractivity contribution < 1.29 is 9.84 Å². The van der Waals surface area contributed by atoms with E-state index in [1.807, 2.05) is 12.1 Å². The fourth-order valence-corrected chi connectivity index (χ4v) is 2.08. The molecule has 0 unspecified atom stereocenters. The van der Waals surface area contributed by atoms with Crippen LogP contribution in [0, 0.1) is 5.92 Å². The molecule has 1 aromatic heterocycles. The number of ether oxygens (including phenoxy) is 1. The molecule has 0 fully saturated rings. The van der Waals surface area contributed by atoms with Gasteiger partial charge >= 0.3 is 0 Å². The largest absolute Gasteiger partial charge is 0.392 e. The molecule has 0 radical (unpaired) electrons. The Morgan fingerprint density at radius 1 is 1.25 bits per heavy atom. The zero-order valence-electron chi connectivity index (χ0n) is 13.4. The molecule has 1 rings (SSSR count). The molecule has 1 heterocycles. The number of aliphatic hydroxyl groups is 1. The van der Waals surface area contributed by atoms with Crippen molar-refractivity contribution in [3.8, 4) is 0 Å². The number of hydrogen-bond acceptors (Lipinski definition) is 4. The number of pyridine rings is 1. The quantitative estimate of drug-likeness (QED) is 0.795. The van der Waals surface area contributed by atoms with Gasteiger partial charge in [-0.1, -0.05) is 27.7 Å². The van der Waals surface area contributed by atoms with E-state index in [1.54, 1.807) is 7.11 Å². The highest BCUT2D eigenvalue weighted by atomic mass is 16.5. The highest BCUT2D eigenvalue weighted by Gasteiger charge is 2.13. The summed E-state index contributed by atoms with van der Waals surface area (Å²) in [5.74, 6) is 1.84. The highest BCUT2D eigenvalue weighted by molar-refractivity contribution is 5.43. The summed E-state index contributed by atoms with van der Waals surface area (Å²) in [6.45, 7) is 11.1. The molecule has 0 saturated heterocycles. The summed E-state index contributed by atoms with van der Waals surface area (Å²) in [4.78, 5) is 6.98. The van der Waals surface area contributed by atoms with E-state index in [2.05, 4.69) is 32.6 Å². The number of aromatic nitrogens is 1. The molecule has 0 atom stereocenters. The van der Waals surface area contributed by atoms with Crippen LogP contribution >= 0.6 is 0 Å². The van der Waals surface area contributed by atoms with E-state index in [1.165, 1.54) is 0 Å². The average Bonchev–Trinajstić information content (AvgIpc) is 2.42. The van der Waals surface area contributed by atoms with Crippen molar-refractivity contribution in [3.63, 3.8) is 0 Å². The van der Waals surface area contributed by atoms with E-state index < -0.39 is 0 Å². The standard InChI is InChI=1S/C16H28N2O2/c1-12(2)10-18(6-7-20-5)16-9-14(11-19)8-15(17-16)13(3)4/h8-9,12-13,19H,6-7,10-11H2,1-5H3. The number of nitrogens with zero attached hydrogens (tertiary/aromatic N) is 2. The third-order valence-corrected chi connectivity index (χ3v) is 3.14. The fraction of sp³-hybridized carbons (Fsp3) is 0.688. The predicted octanol–water partition coefficient (Wildman–Crippen LogP) is 2.81. The first-order chi connectivity index (χ1) is 9.47. The monoisotopic (exact) mass is 280 g/mol. The first-order valence-electron chi connectivity index (χ1n) is 7.33. The molecule has 0 spiro atoms. The van der Waals surface area contributed by atoms with Gasteiger partial charge in [0.2, 0.25) is 0 Å². The minimum atomic E-state index is 0.0506. The van der Waals surface area contributed by atoms with Gasteiger partial charge in [0.05, 0.1) is 13.2 Å². The van der Waals surface area contributed by atoms with Crippen molar-refractivity contribution in [2.45, 2.75) is 40.2 Å². The molecule has 4 heteroatoms. The van der Waals surface area contributed by atoms with E-state index in [0.29, 0.717) is 18.4 Å². The van der Waals surface area contributed by atoms with Crippen LogP contribution in [0.3, 0.4) is 0 Å². The molecule has 0 aromatic carbocycles. The van der Waals surface area contributed by atoms with Crippen LogP contribution in [-0.2, 0) is 11.3 Å². The molecule has 20 heavy (non-hydrogen) atoms. The van der Waals surface area contributed by atoms with Crippen molar-refractivity contribution >= 4 is 5.82 Å². The molecule has 0 aliphatic heterocycles. The van der Waals surface area contributed by atoms with Gasteiger partial charge in [0, 0.05) is 25.9 Å². The van der Waals surface area contributed by atoms with Gasteiger partial charge in [0.1, 0.15) is 5.82 Å². The van der Waals surface area contributed by atoms with Crippen LogP contribution in [0.15, 0.2) is 12.1 Å². The maximum absolute atomic E-state index is 9.44. The van der Waals surface area contributed by atoms with Crippen LogP contribution in [0.4, 0.5) is 5.82 Å². The second-order valence-electron chi connectivity index (χ2n) is 5.90. The summed E-state index contributed by atoms with van der Waals surface area (Å²) < 4.78 is 5.19. The Morgan fingerprint density at radius 3 is 2.45 bits per heavy atom. The molecular formula is C16H28N2O2. The lowest BCUT2D eigenvalue weighted by atomic mass is 10.1. The van der Waals surface area contributed by atoms with Gasteiger partial charge in [0.15, 0.2) is 0 Å². The molecule has 0 saturated carbocycles. The summed E-state index contributed by atoms with van der Waals surface area (Å²) in [6.07, 6.45) is 0. The second-order valence-corrected chi connectivity index (χ2v) is 5.90. The van der Waals surface area contributed by atoms with E-state index in [-0.39, 0.29) is 6.61 Å². The minimum Gasteiger partial charge on any atom is -0.392 e. The Hall–Kier alpha value is -1.13. The smallest absolute Gasteiger partial charge is 0.129 e. The SMILES string of the molecule is COCCN(CC(C)C)c1cc(CO)cc(C(C)C)n1. The Kier molecular flexibility index (Phi) is 6.96. The number of rotatable bonds is 8. The normalized spacial score (nSPS) is 11.4. The lowest BCUT2D eigenvalue weighted by Gasteiger charge is -2.26. The Bertz CT molecular complexity index is 405. The summed E-state index contributed by atoms with van der Waals surface area (Å²) in [5, 5.41) is 9.44. The number of hydrogen-bond donors (Lipinski definition) is 1. The van der Waals surface area contributed by atoms with Crippen molar-refractivity contribution in [2.75, 3.05) is 31.7 Å². The van der Waals surface area contributed by atoms with Crippen molar-refractivity contribution in [1.82, 2.24) is 4.98 Å². The fourth-order valence-electron chi connectivity index (χ4n) is 2.08. The molecule has 1 N–H and O–H groups in total. The number of aliphatic hydroxyl groups excluding tert-OH is 1. The molecule has 0 amide bonds. The third kappa shape index (κ3) is 5.10. The first-order valence-corrected chi connectivity index (χ1v) is 7.33. The molecule has 0 aliphatic carbocycles. The van der Waals surface area contributed by atoms with Gasteiger partial charge in [-0.05, 0) is 29.5 Å². The summed E-state index contributed by atoms with van der Waals surface area (Å²) in [7, 11) is 1.71. The van der Waals surface area contributed by atoms with Crippen LogP contribution in [0.1, 0.15) is 44.9 Å². The van der Waals surface area contributed by atoms with Gasteiger partial charge in [-0.25, -0.2) is 4.98 Å². The molecule has 1 aromatic rings. The Labute approximate surface area is 122 Å². The topological polar surface area (TPSA) is 45.6 Å². The Morgan fingerprint density at radius 2 is 1.95 bits per heavy atom. The van der Waals surface area contributed by atoms with E-state index in [9.17, 15) is 5.11 Å². The van der Waals surface area contributed by atoms with E-state index in [4.69, 9.17) is 9.72 Å². The highest BCUT2D eigenvalue weighted by Crippen LogP contribution is 2.21. The molecule has 4 nitrogen and oxygen atoms in total. The lowest BCUT2D eigenvalue weighted by Crippen LogP contribution is -2.32. The molecule has 0 aliphatic rings. The van der Waals surface area contributed by atoms with Gasteiger partial charge < -0.3 is 14.7 Å². The number of methoxy groups -OCH3 is 1. The van der Waals surface area contributed by atoms with Crippen molar-refractivity contribution in [3.05, 3.63) is 23.4 Å². The summed E-state index contributed by atoms with van der Waals surface area (Å²) in [6, 6.07) is 3.96. The summed E-state index contributed by atoms with van der Waals surface area (Å²) >= 11 is 0. The zero-order valence-corrected chi connectivity index (χ0v) is 13.4. The minimum absolute atomic E-state index is 0.0506. The molecule has 0 bridgehead atoms. The van der Waals surface area contributed by atoms with E-state index >= 15 is 0 Å². The van der Waals surface area contributed by atoms with Crippen LogP contribution in [0.2, 0.25) is 0 Å². The van der Waals surface area contributed by atoms with Crippen LogP contribution in [0.25, 0.3) is 0 Å². The maximum atomic E-state index is 9.44. The Balaban J connectivity index is 3.06. The van der Waals surface area contributed by atoms with Gasteiger partial charge in [-0.15, -0.1) is 0 Å². The first kappa shape index (κ1) is 16.9. The van der Waals surface area contributed by atoms with Crippen LogP contribution in [0.5, 0.6) is 0 Å². The maximum Gasteiger partial charge on any atom is 0.129 e. The van der Waals surface area contributed by atoms with Crippen LogP contribution < -0.4 is 4.90 Å². The van der Waals surface area contributed by atoms with Crippen LogP contribution in [-0.4, -0.2) is 36.9 Å². The number of anilines is 1. The average molecular weight is 280 g/mol. The van der Waals surface area contributed by atoms with Gasteiger partial charge in [-0.2, -0.15) is 0 Å². The predicted molar refractivity (Wildman–Crippen MR) is 83.2 cm³/mol. The van der Waals surface area contributed by atoms with Gasteiger partial charge in [0.25, 0.3) is 0 Å². The summed E-state index contributed by atoms with van der Waals surface area (Å²) in [5.41, 5.74) is 1.95. The van der Waals surface area contributed by atoms with Gasteiger partial charge in [-0.3, -0.25) is 0 Å². The van der Waals surface area contributed by atoms with Crippen molar-refractivity contribution in [2.24, 2.45) is 5.92 Å². The molecular weight excluding hydrogens is 252 g/mol. The van der Waals surface area contributed by atoms with Crippen molar-refractivity contribution in [1.29, 1.82) is 0 Å². The molecule has 114 valence electrons. The second kappa shape index (κ2) is 8.22.